The van der Waals surface area contributed by atoms with Crippen molar-refractivity contribution < 1.29 is 0 Å². The second-order valence-corrected chi connectivity index (χ2v) is 7.75. The van der Waals surface area contributed by atoms with Gasteiger partial charge in [0, 0.05) is 51.7 Å². The molecule has 1 aliphatic heterocycles. The Bertz CT molecular complexity index is 821. The summed E-state index contributed by atoms with van der Waals surface area (Å²) < 4.78 is 1.89. The van der Waals surface area contributed by atoms with E-state index in [1.165, 1.54) is 50.3 Å². The second kappa shape index (κ2) is 10.3. The van der Waals surface area contributed by atoms with Crippen LogP contribution in [0.4, 0.5) is 0 Å². The molecule has 0 saturated carbocycles. The number of piperazine rings is 1. The van der Waals surface area contributed by atoms with Gasteiger partial charge < -0.3 is 10.2 Å². The van der Waals surface area contributed by atoms with Crippen LogP contribution in [0.25, 0.3) is 5.69 Å². The van der Waals surface area contributed by atoms with Crippen LogP contribution in [0.2, 0.25) is 0 Å². The topological polar surface area (TPSA) is 36.3 Å². The molecule has 1 N–H and O–H groups in total. The lowest BCUT2D eigenvalue weighted by molar-refractivity contribution is 0.126. The lowest BCUT2D eigenvalue weighted by Crippen LogP contribution is -2.46. The minimum Gasteiger partial charge on any atom is -0.313 e. The maximum absolute atomic E-state index is 4.27. The van der Waals surface area contributed by atoms with Crippen molar-refractivity contribution in [1.29, 1.82) is 0 Å². The molecule has 1 aliphatic rings. The number of nitrogens with one attached hydrogen (secondary N) is 1. The van der Waals surface area contributed by atoms with Crippen molar-refractivity contribution >= 4 is 0 Å². The van der Waals surface area contributed by atoms with Crippen molar-refractivity contribution in [3.05, 3.63) is 84.2 Å². The third kappa shape index (κ3) is 6.00. The van der Waals surface area contributed by atoms with Gasteiger partial charge in [-0.05, 0) is 48.8 Å². The Morgan fingerprint density at radius 3 is 2.28 bits per heavy atom. The van der Waals surface area contributed by atoms with Crippen LogP contribution in [0.3, 0.4) is 0 Å². The van der Waals surface area contributed by atoms with Crippen molar-refractivity contribution in [3.63, 3.8) is 0 Å². The third-order valence-corrected chi connectivity index (χ3v) is 5.58. The average Bonchev–Trinajstić information content (AvgIpc) is 3.31. The predicted molar refractivity (Wildman–Crippen MR) is 118 cm³/mol. The van der Waals surface area contributed by atoms with Gasteiger partial charge in [-0.1, -0.05) is 42.5 Å². The summed E-state index contributed by atoms with van der Waals surface area (Å²) in [6.07, 6.45) is 4.97. The van der Waals surface area contributed by atoms with Gasteiger partial charge in [-0.2, -0.15) is 5.10 Å². The highest BCUT2D eigenvalue weighted by Gasteiger charge is 2.16. The molecule has 3 aromatic rings. The molecule has 0 spiro atoms. The fourth-order valence-electron chi connectivity index (χ4n) is 3.86. The van der Waals surface area contributed by atoms with Crippen molar-refractivity contribution in [2.24, 2.45) is 0 Å². The first kappa shape index (κ1) is 19.8. The van der Waals surface area contributed by atoms with Crippen LogP contribution >= 0.6 is 0 Å². The number of aromatic nitrogens is 2. The fourth-order valence-corrected chi connectivity index (χ4v) is 3.86. The molecule has 1 aromatic heterocycles. The van der Waals surface area contributed by atoms with E-state index in [9.17, 15) is 0 Å². The first-order valence-corrected chi connectivity index (χ1v) is 10.7. The maximum atomic E-state index is 4.27. The summed E-state index contributed by atoms with van der Waals surface area (Å²) in [5.41, 5.74) is 3.84. The minimum absolute atomic E-state index is 0.921. The van der Waals surface area contributed by atoms with E-state index in [1.807, 2.05) is 16.9 Å². The van der Waals surface area contributed by atoms with Gasteiger partial charge in [0.1, 0.15) is 0 Å². The number of hydrogen-bond acceptors (Lipinski definition) is 4. The molecule has 0 aliphatic carbocycles. The number of hydrogen-bond donors (Lipinski definition) is 1. The predicted octanol–water partition coefficient (Wildman–Crippen LogP) is 3.17. The van der Waals surface area contributed by atoms with Gasteiger partial charge in [-0.25, -0.2) is 4.68 Å². The molecule has 152 valence electrons. The summed E-state index contributed by atoms with van der Waals surface area (Å²) in [5, 5.41) is 7.84. The van der Waals surface area contributed by atoms with Crippen LogP contribution in [0.5, 0.6) is 0 Å². The highest BCUT2D eigenvalue weighted by atomic mass is 15.3. The molecule has 0 radical (unpaired) electrons. The van der Waals surface area contributed by atoms with Crippen molar-refractivity contribution in [3.8, 4) is 5.69 Å². The van der Waals surface area contributed by atoms with E-state index in [4.69, 9.17) is 0 Å². The fraction of sp³-hybridized carbons (Fsp3) is 0.375. The molecule has 0 amide bonds. The van der Waals surface area contributed by atoms with Crippen molar-refractivity contribution in [1.82, 2.24) is 24.9 Å². The van der Waals surface area contributed by atoms with Crippen LogP contribution in [-0.2, 0) is 13.1 Å². The van der Waals surface area contributed by atoms with E-state index in [-0.39, 0.29) is 0 Å². The van der Waals surface area contributed by atoms with Crippen LogP contribution in [0.15, 0.2) is 73.1 Å². The van der Waals surface area contributed by atoms with Crippen LogP contribution in [0, 0.1) is 0 Å². The quantitative estimate of drug-likeness (QED) is 0.571. The van der Waals surface area contributed by atoms with Crippen LogP contribution in [-0.4, -0.2) is 58.8 Å². The lowest BCUT2D eigenvalue weighted by atomic mass is 10.2. The SMILES string of the molecule is c1ccc(CN2CCN(CCCNCc3ccc(-n4cccn4)cc3)CC2)cc1. The van der Waals surface area contributed by atoms with Gasteiger partial charge in [-0.3, -0.25) is 4.90 Å². The third-order valence-electron chi connectivity index (χ3n) is 5.58. The van der Waals surface area contributed by atoms with E-state index in [0.717, 1.165) is 25.3 Å². The Labute approximate surface area is 174 Å². The van der Waals surface area contributed by atoms with E-state index in [0.29, 0.717) is 0 Å². The van der Waals surface area contributed by atoms with E-state index >= 15 is 0 Å². The highest BCUT2D eigenvalue weighted by Crippen LogP contribution is 2.10. The molecule has 0 atom stereocenters. The minimum atomic E-state index is 0.921. The molecule has 1 fully saturated rings. The maximum Gasteiger partial charge on any atom is 0.0645 e. The number of rotatable bonds is 9. The summed E-state index contributed by atoms with van der Waals surface area (Å²) in [4.78, 5) is 5.17. The van der Waals surface area contributed by atoms with Gasteiger partial charge in [-0.15, -0.1) is 0 Å². The monoisotopic (exact) mass is 389 g/mol. The molecule has 29 heavy (non-hydrogen) atoms. The van der Waals surface area contributed by atoms with E-state index in [2.05, 4.69) is 74.8 Å². The summed E-state index contributed by atoms with van der Waals surface area (Å²) in [6.45, 7) is 8.95. The number of nitrogens with zero attached hydrogens (tertiary/aromatic N) is 4. The van der Waals surface area contributed by atoms with Gasteiger partial charge >= 0.3 is 0 Å². The van der Waals surface area contributed by atoms with Gasteiger partial charge in [0.25, 0.3) is 0 Å². The molecular weight excluding hydrogens is 358 g/mol. The summed E-state index contributed by atoms with van der Waals surface area (Å²) >= 11 is 0. The summed E-state index contributed by atoms with van der Waals surface area (Å²) in [6, 6.07) is 21.3. The molecule has 5 nitrogen and oxygen atoms in total. The molecule has 0 bridgehead atoms. The largest absolute Gasteiger partial charge is 0.313 e. The zero-order valence-corrected chi connectivity index (χ0v) is 17.1. The molecule has 1 saturated heterocycles. The first-order valence-electron chi connectivity index (χ1n) is 10.7. The van der Waals surface area contributed by atoms with Gasteiger partial charge in [0.05, 0.1) is 5.69 Å². The average molecular weight is 390 g/mol. The molecule has 2 aromatic carbocycles. The first-order chi connectivity index (χ1) is 14.4. The normalized spacial score (nSPS) is 15.6. The Morgan fingerprint density at radius 1 is 0.793 bits per heavy atom. The highest BCUT2D eigenvalue weighted by molar-refractivity contribution is 5.33. The van der Waals surface area contributed by atoms with Gasteiger partial charge in [0.15, 0.2) is 0 Å². The Hall–Kier alpha value is -2.47. The lowest BCUT2D eigenvalue weighted by Gasteiger charge is -2.34. The molecule has 4 rings (SSSR count). The van der Waals surface area contributed by atoms with Gasteiger partial charge in [0.2, 0.25) is 0 Å². The van der Waals surface area contributed by atoms with Crippen LogP contribution in [0.1, 0.15) is 17.5 Å². The van der Waals surface area contributed by atoms with Crippen molar-refractivity contribution in [2.45, 2.75) is 19.5 Å². The van der Waals surface area contributed by atoms with Crippen LogP contribution < -0.4 is 5.32 Å². The molecule has 2 heterocycles. The molecule has 0 unspecified atom stereocenters. The summed E-state index contributed by atoms with van der Waals surface area (Å²) in [7, 11) is 0. The zero-order chi connectivity index (χ0) is 19.7. The van der Waals surface area contributed by atoms with E-state index < -0.39 is 0 Å². The van der Waals surface area contributed by atoms with E-state index in [1.54, 1.807) is 6.20 Å². The molecular formula is C24H31N5. The zero-order valence-electron chi connectivity index (χ0n) is 17.1. The second-order valence-electron chi connectivity index (χ2n) is 7.75. The Kier molecular flexibility index (Phi) is 7.08. The number of benzene rings is 2. The Morgan fingerprint density at radius 2 is 1.55 bits per heavy atom. The van der Waals surface area contributed by atoms with Crippen molar-refractivity contribution in [2.75, 3.05) is 39.3 Å². The Balaban J connectivity index is 1.09. The standard InChI is InChI=1S/C24H31N5/c1-2-6-23(7-3-1)21-28-18-16-27(17-19-28)14-4-12-25-20-22-8-10-24(11-9-22)29-15-5-13-26-29/h1-3,5-11,13,15,25H,4,12,14,16-21H2. The summed E-state index contributed by atoms with van der Waals surface area (Å²) in [5.74, 6) is 0. The molecule has 5 heteroatoms. The smallest absolute Gasteiger partial charge is 0.0645 e.